The first-order valence-corrected chi connectivity index (χ1v) is 10.6. The van der Waals surface area contributed by atoms with Gasteiger partial charge in [-0.2, -0.15) is 16.9 Å². The zero-order chi connectivity index (χ0) is 20.1. The Kier molecular flexibility index (Phi) is 6.46. The molecule has 7 heteroatoms. The van der Waals surface area contributed by atoms with Crippen molar-refractivity contribution in [2.45, 2.75) is 26.3 Å². The van der Waals surface area contributed by atoms with Crippen molar-refractivity contribution in [3.05, 3.63) is 60.2 Å². The van der Waals surface area contributed by atoms with Crippen LogP contribution in [0.15, 0.2) is 48.8 Å². The van der Waals surface area contributed by atoms with Crippen LogP contribution < -0.4 is 10.1 Å². The van der Waals surface area contributed by atoms with E-state index in [1.54, 1.807) is 18.9 Å². The maximum absolute atomic E-state index is 12.9. The number of thioether (sulfide) groups is 1. The van der Waals surface area contributed by atoms with Gasteiger partial charge in [-0.25, -0.2) is 4.68 Å². The molecule has 3 rings (SSSR count). The topological polar surface area (TPSA) is 61.1 Å². The molecular weight excluding hydrogens is 372 g/mol. The zero-order valence-electron chi connectivity index (χ0n) is 16.7. The first kappa shape index (κ1) is 20.1. The first-order chi connectivity index (χ1) is 13.5. The average molecular weight is 399 g/mol. The minimum absolute atomic E-state index is 0.0360. The molecule has 0 fully saturated rings. The molecule has 0 bridgehead atoms. The van der Waals surface area contributed by atoms with Gasteiger partial charge in [0.15, 0.2) is 0 Å². The second kappa shape index (κ2) is 9.01. The molecule has 0 unspecified atom stereocenters. The average Bonchev–Trinajstić information content (AvgIpc) is 3.31. The lowest BCUT2D eigenvalue weighted by molar-refractivity contribution is -0.119. The Bertz CT molecular complexity index is 934. The molecule has 0 saturated heterocycles. The number of nitrogens with one attached hydrogen (secondary N) is 1. The summed E-state index contributed by atoms with van der Waals surface area (Å²) in [5.74, 6) is 1.54. The zero-order valence-corrected chi connectivity index (χ0v) is 17.5. The van der Waals surface area contributed by atoms with Crippen molar-refractivity contribution in [3.8, 4) is 11.4 Å². The summed E-state index contributed by atoms with van der Waals surface area (Å²) in [4.78, 5) is 12.9. The molecule has 1 aromatic carbocycles. The molecule has 1 atom stereocenters. The molecule has 1 N–H and O–H groups in total. The highest BCUT2D eigenvalue weighted by molar-refractivity contribution is 7.98. The fourth-order valence-corrected chi connectivity index (χ4v) is 3.69. The number of anilines is 1. The van der Waals surface area contributed by atoms with Gasteiger partial charge in [-0.1, -0.05) is 0 Å². The molecule has 1 amide bonds. The van der Waals surface area contributed by atoms with Gasteiger partial charge in [-0.15, -0.1) is 0 Å². The number of benzene rings is 1. The minimum atomic E-state index is -0.246. The molecule has 0 aliphatic heterocycles. The maximum Gasteiger partial charge on any atom is 0.247 e. The van der Waals surface area contributed by atoms with Crippen molar-refractivity contribution in [2.75, 3.05) is 24.4 Å². The predicted molar refractivity (Wildman–Crippen MR) is 115 cm³/mol. The van der Waals surface area contributed by atoms with Gasteiger partial charge >= 0.3 is 0 Å². The van der Waals surface area contributed by atoms with Crippen LogP contribution in [-0.4, -0.2) is 39.4 Å². The van der Waals surface area contributed by atoms with Gasteiger partial charge in [-0.05, 0) is 62.6 Å². The number of rotatable bonds is 8. The van der Waals surface area contributed by atoms with Gasteiger partial charge in [0.1, 0.15) is 17.5 Å². The molecule has 2 aromatic heterocycles. The Morgan fingerprint density at radius 1 is 1.25 bits per heavy atom. The number of aromatic nitrogens is 3. The Morgan fingerprint density at radius 2 is 2.00 bits per heavy atom. The van der Waals surface area contributed by atoms with Crippen LogP contribution in [0.2, 0.25) is 0 Å². The molecule has 0 spiro atoms. The lowest BCUT2D eigenvalue weighted by Gasteiger charge is -2.19. The predicted octanol–water partition coefficient (Wildman–Crippen LogP) is 4.23. The van der Waals surface area contributed by atoms with Gasteiger partial charge in [0, 0.05) is 29.8 Å². The smallest absolute Gasteiger partial charge is 0.247 e. The quantitative estimate of drug-likeness (QED) is 0.617. The number of ether oxygens (including phenoxy) is 1. The number of amides is 1. The number of methoxy groups -OCH3 is 1. The highest BCUT2D eigenvalue weighted by Gasteiger charge is 2.20. The van der Waals surface area contributed by atoms with Crippen molar-refractivity contribution in [1.82, 2.24) is 14.3 Å². The van der Waals surface area contributed by atoms with Gasteiger partial charge < -0.3 is 14.6 Å². The third-order valence-corrected chi connectivity index (χ3v) is 5.21. The lowest BCUT2D eigenvalue weighted by atomic mass is 10.2. The van der Waals surface area contributed by atoms with Crippen LogP contribution in [0.1, 0.15) is 23.9 Å². The molecule has 0 radical (unpaired) electrons. The van der Waals surface area contributed by atoms with E-state index < -0.39 is 0 Å². The normalized spacial score (nSPS) is 12.0. The molecule has 2 heterocycles. The minimum Gasteiger partial charge on any atom is -0.494 e. The van der Waals surface area contributed by atoms with Crippen molar-refractivity contribution >= 4 is 23.4 Å². The number of carbonyl (C=O) groups excluding carboxylic acids is 1. The van der Waals surface area contributed by atoms with Crippen molar-refractivity contribution in [2.24, 2.45) is 0 Å². The number of nitrogens with zero attached hydrogens (tertiary/aromatic N) is 3. The molecule has 0 aliphatic carbocycles. The number of carbonyl (C=O) groups is 1. The second-order valence-corrected chi connectivity index (χ2v) is 7.63. The van der Waals surface area contributed by atoms with Crippen LogP contribution in [0, 0.1) is 13.8 Å². The van der Waals surface area contributed by atoms with E-state index in [2.05, 4.69) is 10.4 Å². The van der Waals surface area contributed by atoms with Crippen LogP contribution >= 0.6 is 11.8 Å². The maximum atomic E-state index is 12.9. The summed E-state index contributed by atoms with van der Waals surface area (Å²) in [5, 5.41) is 7.55. The number of aryl methyl sites for hydroxylation is 2. The van der Waals surface area contributed by atoms with Gasteiger partial charge in [0.25, 0.3) is 0 Å². The standard InChI is InChI=1S/C21H26N4O2S/c1-15-13-16(2)25(23-15)18-8-7-17(14-20(18)27-3)22-21(26)19(9-12-28-4)24-10-5-6-11-24/h5-8,10-11,13-14,19H,9,12H2,1-4H3,(H,22,26)/t19-/m1/s1. The largest absolute Gasteiger partial charge is 0.494 e. The molecule has 6 nitrogen and oxygen atoms in total. The summed E-state index contributed by atoms with van der Waals surface area (Å²) < 4.78 is 9.36. The highest BCUT2D eigenvalue weighted by Crippen LogP contribution is 2.28. The van der Waals surface area contributed by atoms with Crippen LogP contribution in [0.3, 0.4) is 0 Å². The fourth-order valence-electron chi connectivity index (χ4n) is 3.23. The van der Waals surface area contributed by atoms with Crippen LogP contribution in [-0.2, 0) is 4.79 Å². The first-order valence-electron chi connectivity index (χ1n) is 9.17. The third-order valence-electron chi connectivity index (χ3n) is 4.57. The van der Waals surface area contributed by atoms with E-state index in [-0.39, 0.29) is 11.9 Å². The van der Waals surface area contributed by atoms with E-state index in [4.69, 9.17) is 4.74 Å². The Morgan fingerprint density at radius 3 is 2.61 bits per heavy atom. The SMILES string of the molecule is COc1cc(NC(=O)[C@@H](CCSC)n2cccc2)ccc1-n1nc(C)cc1C. The summed E-state index contributed by atoms with van der Waals surface area (Å²) in [6, 6.07) is 11.3. The monoisotopic (exact) mass is 398 g/mol. The van der Waals surface area contributed by atoms with E-state index in [1.165, 1.54) is 0 Å². The summed E-state index contributed by atoms with van der Waals surface area (Å²) in [6.45, 7) is 3.96. The van der Waals surface area contributed by atoms with Crippen molar-refractivity contribution in [3.63, 3.8) is 0 Å². The van der Waals surface area contributed by atoms with Crippen LogP contribution in [0.25, 0.3) is 5.69 Å². The van der Waals surface area contributed by atoms with Gasteiger partial charge in [-0.3, -0.25) is 4.79 Å². The van der Waals surface area contributed by atoms with E-state index in [1.807, 2.05) is 78.1 Å². The molecule has 0 saturated carbocycles. The molecule has 148 valence electrons. The Balaban J connectivity index is 1.83. The van der Waals surface area contributed by atoms with E-state index in [0.717, 1.165) is 29.2 Å². The number of hydrogen-bond donors (Lipinski definition) is 1. The highest BCUT2D eigenvalue weighted by atomic mass is 32.2. The van der Waals surface area contributed by atoms with E-state index in [0.29, 0.717) is 11.4 Å². The van der Waals surface area contributed by atoms with Gasteiger partial charge in [0.05, 0.1) is 12.8 Å². The van der Waals surface area contributed by atoms with Crippen LogP contribution in [0.4, 0.5) is 5.69 Å². The Labute approximate surface area is 169 Å². The van der Waals surface area contributed by atoms with Crippen molar-refractivity contribution in [1.29, 1.82) is 0 Å². The number of hydrogen-bond acceptors (Lipinski definition) is 4. The molecular formula is C21H26N4O2S. The van der Waals surface area contributed by atoms with Crippen molar-refractivity contribution < 1.29 is 9.53 Å². The third kappa shape index (κ3) is 4.42. The summed E-state index contributed by atoms with van der Waals surface area (Å²) in [6.07, 6.45) is 6.67. The van der Waals surface area contributed by atoms with E-state index in [9.17, 15) is 4.79 Å². The summed E-state index contributed by atoms with van der Waals surface area (Å²) >= 11 is 1.74. The Hall–Kier alpha value is -2.67. The van der Waals surface area contributed by atoms with Gasteiger partial charge in [0.2, 0.25) is 5.91 Å². The summed E-state index contributed by atoms with van der Waals surface area (Å²) in [5.41, 5.74) is 3.52. The van der Waals surface area contributed by atoms with Crippen LogP contribution in [0.5, 0.6) is 5.75 Å². The lowest BCUT2D eigenvalue weighted by Crippen LogP contribution is -2.26. The fraction of sp³-hybridized carbons (Fsp3) is 0.333. The molecule has 3 aromatic rings. The summed E-state index contributed by atoms with van der Waals surface area (Å²) in [7, 11) is 1.62. The molecule has 0 aliphatic rings. The molecule has 28 heavy (non-hydrogen) atoms. The van der Waals surface area contributed by atoms with E-state index >= 15 is 0 Å². The second-order valence-electron chi connectivity index (χ2n) is 6.64.